The summed E-state index contributed by atoms with van der Waals surface area (Å²) in [5.74, 6) is -0.148. The zero-order chi connectivity index (χ0) is 13.9. The van der Waals surface area contributed by atoms with E-state index in [9.17, 15) is 4.79 Å². The van der Waals surface area contributed by atoms with Crippen LogP contribution in [0, 0.1) is 0 Å². The first-order chi connectivity index (χ1) is 9.81. The third kappa shape index (κ3) is 2.03. The molecule has 0 saturated heterocycles. The molecule has 0 fully saturated rings. The van der Waals surface area contributed by atoms with Crippen LogP contribution in [0.3, 0.4) is 0 Å². The number of rotatable bonds is 2. The van der Waals surface area contributed by atoms with Crippen LogP contribution in [-0.2, 0) is 4.79 Å². The number of carbonyl (C=O) groups excluding carboxylic acids is 1. The van der Waals surface area contributed by atoms with Crippen molar-refractivity contribution in [1.29, 1.82) is 0 Å². The standard InChI is InChI=1S/C17H13NO2/c19-15-11-14(12-7-3-1-4-8-12)16(17(15)18-20)13-9-5-2-6-10-13/h1-10,20H,11H2/b18-17-. The van der Waals surface area contributed by atoms with E-state index in [0.29, 0.717) is 0 Å². The molecule has 1 aliphatic rings. The average molecular weight is 263 g/mol. The molecular weight excluding hydrogens is 250 g/mol. The lowest BCUT2D eigenvalue weighted by molar-refractivity contribution is -0.111. The van der Waals surface area contributed by atoms with Gasteiger partial charge in [-0.15, -0.1) is 0 Å². The number of hydrogen-bond donors (Lipinski definition) is 1. The number of allylic oxidation sites excluding steroid dienone is 2. The predicted molar refractivity (Wildman–Crippen MR) is 78.5 cm³/mol. The van der Waals surface area contributed by atoms with E-state index >= 15 is 0 Å². The fraction of sp³-hybridized carbons (Fsp3) is 0.0588. The molecule has 0 radical (unpaired) electrons. The Morgan fingerprint density at radius 3 is 1.95 bits per heavy atom. The maximum atomic E-state index is 12.0. The lowest BCUT2D eigenvalue weighted by atomic mass is 9.96. The Morgan fingerprint density at radius 2 is 1.40 bits per heavy atom. The van der Waals surface area contributed by atoms with Crippen molar-refractivity contribution in [2.75, 3.05) is 0 Å². The second-order valence-electron chi connectivity index (χ2n) is 4.63. The number of carbonyl (C=O) groups is 1. The number of oxime groups is 1. The summed E-state index contributed by atoms with van der Waals surface area (Å²) in [7, 11) is 0. The van der Waals surface area contributed by atoms with Gasteiger partial charge in [0.05, 0.1) is 0 Å². The van der Waals surface area contributed by atoms with Gasteiger partial charge in [-0.05, 0) is 16.7 Å². The average Bonchev–Trinajstić information content (AvgIpc) is 2.85. The summed E-state index contributed by atoms with van der Waals surface area (Å²) in [5.41, 5.74) is 3.66. The van der Waals surface area contributed by atoms with Crippen LogP contribution in [0.5, 0.6) is 0 Å². The van der Waals surface area contributed by atoms with Gasteiger partial charge in [-0.2, -0.15) is 0 Å². The first kappa shape index (κ1) is 12.4. The zero-order valence-electron chi connectivity index (χ0n) is 10.8. The molecule has 0 aliphatic heterocycles. The highest BCUT2D eigenvalue weighted by Gasteiger charge is 2.31. The van der Waals surface area contributed by atoms with Crippen LogP contribution in [-0.4, -0.2) is 16.7 Å². The number of ketones is 1. The summed E-state index contributed by atoms with van der Waals surface area (Å²) in [6, 6.07) is 19.3. The van der Waals surface area contributed by atoms with E-state index in [1.807, 2.05) is 60.7 Å². The first-order valence-corrected chi connectivity index (χ1v) is 6.41. The maximum absolute atomic E-state index is 12.0. The van der Waals surface area contributed by atoms with Gasteiger partial charge in [-0.1, -0.05) is 65.8 Å². The molecule has 0 unspecified atom stereocenters. The van der Waals surface area contributed by atoms with Gasteiger partial charge in [0, 0.05) is 12.0 Å². The van der Waals surface area contributed by atoms with E-state index < -0.39 is 0 Å². The van der Waals surface area contributed by atoms with E-state index in [4.69, 9.17) is 5.21 Å². The fourth-order valence-corrected chi connectivity index (χ4v) is 2.52. The van der Waals surface area contributed by atoms with Gasteiger partial charge in [0.15, 0.2) is 11.5 Å². The second-order valence-corrected chi connectivity index (χ2v) is 4.63. The Kier molecular flexibility index (Phi) is 3.17. The maximum Gasteiger partial charge on any atom is 0.189 e. The molecule has 1 N–H and O–H groups in total. The van der Waals surface area contributed by atoms with E-state index in [2.05, 4.69) is 5.16 Å². The minimum Gasteiger partial charge on any atom is -0.410 e. The fourth-order valence-electron chi connectivity index (χ4n) is 2.52. The molecule has 0 amide bonds. The number of benzene rings is 2. The SMILES string of the molecule is O=C1CC(c2ccccc2)=C(c2ccccc2)/C1=N\O. The van der Waals surface area contributed by atoms with E-state index in [0.717, 1.165) is 22.3 Å². The van der Waals surface area contributed by atoms with Crippen LogP contribution in [0.15, 0.2) is 65.8 Å². The van der Waals surface area contributed by atoms with Crippen LogP contribution in [0.4, 0.5) is 0 Å². The first-order valence-electron chi connectivity index (χ1n) is 6.41. The molecule has 3 rings (SSSR count). The molecular formula is C17H13NO2. The van der Waals surface area contributed by atoms with Crippen LogP contribution >= 0.6 is 0 Å². The Hall–Kier alpha value is -2.68. The van der Waals surface area contributed by atoms with Gasteiger partial charge in [-0.3, -0.25) is 4.79 Å². The van der Waals surface area contributed by atoms with Gasteiger partial charge >= 0.3 is 0 Å². The van der Waals surface area contributed by atoms with Gasteiger partial charge in [-0.25, -0.2) is 0 Å². The smallest absolute Gasteiger partial charge is 0.189 e. The summed E-state index contributed by atoms with van der Waals surface area (Å²) in [6.07, 6.45) is 0.271. The molecule has 2 aromatic rings. The van der Waals surface area contributed by atoms with E-state index in [1.165, 1.54) is 0 Å². The normalized spacial score (nSPS) is 17.0. The predicted octanol–water partition coefficient (Wildman–Crippen LogP) is 3.40. The van der Waals surface area contributed by atoms with E-state index in [-0.39, 0.29) is 17.9 Å². The highest BCUT2D eigenvalue weighted by atomic mass is 16.4. The third-order valence-electron chi connectivity index (χ3n) is 3.42. The molecule has 0 atom stereocenters. The summed E-state index contributed by atoms with van der Waals surface area (Å²) < 4.78 is 0. The summed E-state index contributed by atoms with van der Waals surface area (Å²) in [6.45, 7) is 0. The van der Waals surface area contributed by atoms with Gasteiger partial charge in [0.25, 0.3) is 0 Å². The monoisotopic (exact) mass is 263 g/mol. The summed E-state index contributed by atoms with van der Waals surface area (Å²) in [5, 5.41) is 12.4. The Labute approximate surface area is 116 Å². The summed E-state index contributed by atoms with van der Waals surface area (Å²) in [4.78, 5) is 12.0. The van der Waals surface area contributed by atoms with Crippen molar-refractivity contribution in [3.8, 4) is 0 Å². The van der Waals surface area contributed by atoms with Crippen molar-refractivity contribution in [2.24, 2.45) is 5.16 Å². The molecule has 0 saturated carbocycles. The second kappa shape index (κ2) is 5.13. The quantitative estimate of drug-likeness (QED) is 0.667. The van der Waals surface area contributed by atoms with Crippen LogP contribution in [0.2, 0.25) is 0 Å². The molecule has 98 valence electrons. The van der Waals surface area contributed by atoms with Gasteiger partial charge in [0.2, 0.25) is 0 Å². The molecule has 3 heteroatoms. The minimum absolute atomic E-state index is 0.148. The topological polar surface area (TPSA) is 49.7 Å². The summed E-state index contributed by atoms with van der Waals surface area (Å²) >= 11 is 0. The molecule has 0 heterocycles. The largest absolute Gasteiger partial charge is 0.410 e. The van der Waals surface area contributed by atoms with Crippen molar-refractivity contribution in [1.82, 2.24) is 0 Å². The van der Waals surface area contributed by atoms with Crippen molar-refractivity contribution in [2.45, 2.75) is 6.42 Å². The van der Waals surface area contributed by atoms with E-state index in [1.54, 1.807) is 0 Å². The molecule has 0 aromatic heterocycles. The third-order valence-corrected chi connectivity index (χ3v) is 3.42. The van der Waals surface area contributed by atoms with Crippen LogP contribution in [0.25, 0.3) is 11.1 Å². The van der Waals surface area contributed by atoms with Crippen molar-refractivity contribution in [3.05, 3.63) is 71.8 Å². The van der Waals surface area contributed by atoms with Crippen molar-refractivity contribution >= 4 is 22.6 Å². The highest BCUT2D eigenvalue weighted by Crippen LogP contribution is 2.36. The molecule has 1 aliphatic carbocycles. The molecule has 20 heavy (non-hydrogen) atoms. The Balaban J connectivity index is 2.23. The minimum atomic E-state index is -0.148. The molecule has 0 spiro atoms. The lowest BCUT2D eigenvalue weighted by Crippen LogP contribution is -2.08. The molecule has 0 bridgehead atoms. The van der Waals surface area contributed by atoms with Gasteiger partial charge in [0.1, 0.15) is 0 Å². The molecule has 3 nitrogen and oxygen atoms in total. The molecule has 2 aromatic carbocycles. The number of Topliss-reactive ketones (excluding diaryl/α,β-unsaturated/α-hetero) is 1. The highest BCUT2D eigenvalue weighted by molar-refractivity contribution is 6.63. The Bertz CT molecular complexity index is 700. The van der Waals surface area contributed by atoms with Crippen molar-refractivity contribution < 1.29 is 10.0 Å². The van der Waals surface area contributed by atoms with Gasteiger partial charge < -0.3 is 5.21 Å². The zero-order valence-corrected chi connectivity index (χ0v) is 10.8. The van der Waals surface area contributed by atoms with Crippen molar-refractivity contribution in [3.63, 3.8) is 0 Å². The lowest BCUT2D eigenvalue weighted by Gasteiger charge is -2.07. The number of hydrogen-bond acceptors (Lipinski definition) is 3. The van der Waals surface area contributed by atoms with Crippen LogP contribution in [0.1, 0.15) is 17.5 Å². The Morgan fingerprint density at radius 1 is 0.850 bits per heavy atom. The number of nitrogens with zero attached hydrogens (tertiary/aromatic N) is 1. The van der Waals surface area contributed by atoms with Crippen LogP contribution < -0.4 is 0 Å².